The highest BCUT2D eigenvalue weighted by Gasteiger charge is 2.17. The molecule has 0 bridgehead atoms. The second kappa shape index (κ2) is 3.14. The van der Waals surface area contributed by atoms with Gasteiger partial charge in [0, 0.05) is 12.3 Å². The van der Waals surface area contributed by atoms with Crippen LogP contribution in [-0.2, 0) is 10.8 Å². The van der Waals surface area contributed by atoms with E-state index in [1.807, 2.05) is 12.1 Å². The molecule has 0 saturated heterocycles. The molecule has 0 aliphatic carbocycles. The Bertz CT molecular complexity index is 373. The van der Waals surface area contributed by atoms with Gasteiger partial charge in [0.2, 0.25) is 0 Å². The van der Waals surface area contributed by atoms with Crippen molar-refractivity contribution in [2.24, 2.45) is 0 Å². The lowest BCUT2D eigenvalue weighted by Crippen LogP contribution is -2.19. The van der Waals surface area contributed by atoms with Crippen molar-refractivity contribution in [2.75, 3.05) is 17.6 Å². The molecule has 1 aliphatic rings. The van der Waals surface area contributed by atoms with Crippen LogP contribution in [0.2, 0.25) is 0 Å². The summed E-state index contributed by atoms with van der Waals surface area (Å²) >= 11 is 0. The smallest absolute Gasteiger partial charge is 0.0623 e. The van der Waals surface area contributed by atoms with E-state index in [1.165, 1.54) is 11.1 Å². The zero-order valence-corrected chi connectivity index (χ0v) is 8.70. The maximum absolute atomic E-state index is 11.6. The molecule has 1 aromatic carbocycles. The third-order valence-corrected chi connectivity index (χ3v) is 3.94. The van der Waals surface area contributed by atoms with Gasteiger partial charge in [0.05, 0.1) is 21.4 Å². The van der Waals surface area contributed by atoms with E-state index in [-0.39, 0.29) is 0 Å². The Morgan fingerprint density at radius 3 is 2.92 bits per heavy atom. The highest BCUT2D eigenvalue weighted by Crippen LogP contribution is 2.28. The van der Waals surface area contributed by atoms with E-state index in [9.17, 15) is 4.21 Å². The van der Waals surface area contributed by atoms with E-state index in [2.05, 4.69) is 19.2 Å². The number of aryl methyl sites for hydroxylation is 1. The summed E-state index contributed by atoms with van der Waals surface area (Å²) in [5.41, 5.74) is 3.57. The van der Waals surface area contributed by atoms with E-state index in [1.54, 1.807) is 0 Å². The van der Waals surface area contributed by atoms with Gasteiger partial charge < -0.3 is 5.32 Å². The predicted molar refractivity (Wildman–Crippen MR) is 55.7 cm³/mol. The number of hydrogen-bond acceptors (Lipinski definition) is 2. The summed E-state index contributed by atoms with van der Waals surface area (Å²) in [4.78, 5) is 0.967. The summed E-state index contributed by atoms with van der Waals surface area (Å²) < 4.78 is 11.6. The molecule has 0 saturated carbocycles. The third-order valence-electron chi connectivity index (χ3n) is 2.53. The molecule has 1 unspecified atom stereocenters. The Labute approximate surface area is 80.8 Å². The molecule has 13 heavy (non-hydrogen) atoms. The summed E-state index contributed by atoms with van der Waals surface area (Å²) in [6.45, 7) is 4.97. The second-order valence-electron chi connectivity index (χ2n) is 3.36. The molecule has 0 fully saturated rings. The molecular weight excluding hydrogens is 182 g/mol. The standard InChI is InChI=1S/C10H13NOS/c1-7-3-4-9-10(8(7)2)11-5-6-13(9)12/h3-4,11H,5-6H2,1-2H3. The minimum Gasteiger partial charge on any atom is -0.383 e. The fraction of sp³-hybridized carbons (Fsp3) is 0.400. The number of anilines is 1. The monoisotopic (exact) mass is 195 g/mol. The molecule has 0 aromatic heterocycles. The van der Waals surface area contributed by atoms with Crippen LogP contribution < -0.4 is 5.32 Å². The number of rotatable bonds is 0. The van der Waals surface area contributed by atoms with Crippen molar-refractivity contribution in [2.45, 2.75) is 18.7 Å². The van der Waals surface area contributed by atoms with Crippen LogP contribution in [0.4, 0.5) is 5.69 Å². The van der Waals surface area contributed by atoms with Gasteiger partial charge >= 0.3 is 0 Å². The Balaban J connectivity index is 2.63. The molecule has 0 radical (unpaired) electrons. The fourth-order valence-electron chi connectivity index (χ4n) is 1.58. The minimum absolute atomic E-state index is 0.732. The van der Waals surface area contributed by atoms with Gasteiger partial charge in [-0.1, -0.05) is 6.07 Å². The highest BCUT2D eigenvalue weighted by molar-refractivity contribution is 7.85. The largest absolute Gasteiger partial charge is 0.383 e. The lowest BCUT2D eigenvalue weighted by molar-refractivity contribution is 0.682. The van der Waals surface area contributed by atoms with Crippen LogP contribution in [0.1, 0.15) is 11.1 Å². The second-order valence-corrected chi connectivity index (χ2v) is 4.90. The van der Waals surface area contributed by atoms with Crippen molar-refractivity contribution >= 4 is 16.5 Å². The minimum atomic E-state index is -0.796. The van der Waals surface area contributed by atoms with E-state index in [0.29, 0.717) is 0 Å². The summed E-state index contributed by atoms with van der Waals surface area (Å²) in [5, 5.41) is 3.31. The van der Waals surface area contributed by atoms with E-state index in [0.717, 1.165) is 22.9 Å². The SMILES string of the molecule is Cc1ccc2c(c1C)NCCS2=O. The number of fused-ring (bicyclic) bond motifs is 1. The van der Waals surface area contributed by atoms with Crippen LogP contribution in [0.15, 0.2) is 17.0 Å². The first-order valence-electron chi connectivity index (χ1n) is 4.42. The Morgan fingerprint density at radius 1 is 1.38 bits per heavy atom. The summed E-state index contributed by atoms with van der Waals surface area (Å²) in [5.74, 6) is 0.732. The lowest BCUT2D eigenvalue weighted by atomic mass is 10.1. The fourth-order valence-corrected chi connectivity index (χ4v) is 2.76. The van der Waals surface area contributed by atoms with Gasteiger partial charge in [-0.3, -0.25) is 4.21 Å². The van der Waals surface area contributed by atoms with Gasteiger partial charge in [0.25, 0.3) is 0 Å². The zero-order valence-electron chi connectivity index (χ0n) is 7.89. The zero-order chi connectivity index (χ0) is 9.42. The highest BCUT2D eigenvalue weighted by atomic mass is 32.2. The lowest BCUT2D eigenvalue weighted by Gasteiger charge is -2.20. The average molecular weight is 195 g/mol. The number of hydrogen-bond donors (Lipinski definition) is 1. The van der Waals surface area contributed by atoms with Gasteiger partial charge in [-0.05, 0) is 31.0 Å². The van der Waals surface area contributed by atoms with Crippen molar-refractivity contribution in [1.29, 1.82) is 0 Å². The first-order valence-corrected chi connectivity index (χ1v) is 5.74. The van der Waals surface area contributed by atoms with Gasteiger partial charge in [-0.2, -0.15) is 0 Å². The Kier molecular flexibility index (Phi) is 2.12. The van der Waals surface area contributed by atoms with Crippen LogP contribution in [0.5, 0.6) is 0 Å². The van der Waals surface area contributed by atoms with E-state index >= 15 is 0 Å². The van der Waals surface area contributed by atoms with Crippen molar-refractivity contribution in [3.05, 3.63) is 23.3 Å². The molecule has 0 amide bonds. The molecule has 1 heterocycles. The maximum atomic E-state index is 11.6. The first-order chi connectivity index (χ1) is 6.20. The summed E-state index contributed by atoms with van der Waals surface area (Å²) in [6.07, 6.45) is 0. The molecule has 1 aliphatic heterocycles. The van der Waals surface area contributed by atoms with Crippen LogP contribution in [0, 0.1) is 13.8 Å². The quantitative estimate of drug-likeness (QED) is 0.684. The molecule has 1 atom stereocenters. The molecule has 2 nitrogen and oxygen atoms in total. The molecule has 0 spiro atoms. The van der Waals surface area contributed by atoms with Crippen molar-refractivity contribution in [1.82, 2.24) is 0 Å². The average Bonchev–Trinajstić information content (AvgIpc) is 2.12. The van der Waals surface area contributed by atoms with Gasteiger partial charge in [0.15, 0.2) is 0 Å². The predicted octanol–water partition coefficient (Wildman–Crippen LogP) is 1.84. The third kappa shape index (κ3) is 1.37. The molecule has 70 valence electrons. The normalized spacial score (nSPS) is 20.6. The molecule has 2 rings (SSSR count). The van der Waals surface area contributed by atoms with Crippen molar-refractivity contribution in [3.8, 4) is 0 Å². The topological polar surface area (TPSA) is 29.1 Å². The molecule has 1 aromatic rings. The van der Waals surface area contributed by atoms with E-state index in [4.69, 9.17) is 0 Å². The summed E-state index contributed by atoms with van der Waals surface area (Å²) in [7, 11) is -0.796. The number of benzene rings is 1. The van der Waals surface area contributed by atoms with Crippen LogP contribution in [0.3, 0.4) is 0 Å². The molecule has 1 N–H and O–H groups in total. The van der Waals surface area contributed by atoms with Crippen LogP contribution in [0.25, 0.3) is 0 Å². The van der Waals surface area contributed by atoms with Crippen molar-refractivity contribution < 1.29 is 4.21 Å². The van der Waals surface area contributed by atoms with Gasteiger partial charge in [-0.25, -0.2) is 0 Å². The Hall–Kier alpha value is -0.830. The van der Waals surface area contributed by atoms with Crippen LogP contribution in [-0.4, -0.2) is 16.5 Å². The van der Waals surface area contributed by atoms with E-state index < -0.39 is 10.8 Å². The van der Waals surface area contributed by atoms with Gasteiger partial charge in [-0.15, -0.1) is 0 Å². The first kappa shape index (κ1) is 8.75. The number of nitrogens with one attached hydrogen (secondary N) is 1. The van der Waals surface area contributed by atoms with Crippen LogP contribution >= 0.6 is 0 Å². The van der Waals surface area contributed by atoms with Gasteiger partial charge in [0.1, 0.15) is 0 Å². The van der Waals surface area contributed by atoms with Crippen molar-refractivity contribution in [3.63, 3.8) is 0 Å². The Morgan fingerprint density at radius 2 is 2.15 bits per heavy atom. The maximum Gasteiger partial charge on any atom is 0.0623 e. The molecule has 3 heteroatoms. The molecular formula is C10H13NOS. The summed E-state index contributed by atoms with van der Waals surface area (Å²) in [6, 6.07) is 4.01.